The van der Waals surface area contributed by atoms with E-state index < -0.39 is 0 Å². The topological polar surface area (TPSA) is 16.1 Å². The smallest absolute Gasteiger partial charge is 0.124 e. The lowest BCUT2D eigenvalue weighted by Crippen LogP contribution is -2.17. The van der Waals surface area contributed by atoms with Gasteiger partial charge in [-0.2, -0.15) is 0 Å². The van der Waals surface area contributed by atoms with E-state index in [2.05, 4.69) is 176 Å². The maximum Gasteiger partial charge on any atom is 0.124 e. The number of anilines is 3. The van der Waals surface area contributed by atoms with Crippen molar-refractivity contribution in [1.82, 2.24) is 4.98 Å². The molecular weight excluding hydrogens is 613 g/mol. The van der Waals surface area contributed by atoms with E-state index >= 15 is 0 Å². The largest absolute Gasteiger partial charge is 0.309 e. The normalized spacial score (nSPS) is 13.3. The minimum Gasteiger partial charge on any atom is -0.309 e. The summed E-state index contributed by atoms with van der Waals surface area (Å²) in [5, 5.41) is 3.58. The summed E-state index contributed by atoms with van der Waals surface area (Å²) in [4.78, 5) is 8.97. The quantitative estimate of drug-likeness (QED) is 0.185. The van der Waals surface area contributed by atoms with Crippen molar-refractivity contribution in [3.8, 4) is 54.5 Å². The Morgan fingerprint density at radius 1 is 0.510 bits per heavy atom. The van der Waals surface area contributed by atoms with Gasteiger partial charge in [-0.25, -0.2) is 4.98 Å². The van der Waals surface area contributed by atoms with Gasteiger partial charge in [0.2, 0.25) is 0 Å². The van der Waals surface area contributed by atoms with Crippen molar-refractivity contribution in [1.29, 1.82) is 0 Å². The predicted octanol–water partition coefficient (Wildman–Crippen LogP) is 13.1. The van der Waals surface area contributed by atoms with Gasteiger partial charge < -0.3 is 4.90 Å². The maximum atomic E-state index is 5.23. The van der Waals surface area contributed by atoms with E-state index in [0.717, 1.165) is 33.3 Å². The van der Waals surface area contributed by atoms with Crippen molar-refractivity contribution >= 4 is 39.2 Å². The van der Waals surface area contributed by atoms with Gasteiger partial charge in [0.05, 0.1) is 21.9 Å². The van der Waals surface area contributed by atoms with Crippen molar-refractivity contribution in [3.05, 3.63) is 169 Å². The van der Waals surface area contributed by atoms with E-state index in [1.165, 1.54) is 60.2 Å². The molecule has 2 aliphatic rings. The van der Waals surface area contributed by atoms with Crippen LogP contribution in [0.2, 0.25) is 0 Å². The molecule has 0 radical (unpaired) electrons. The molecule has 3 heteroatoms. The number of aromatic nitrogens is 1. The zero-order valence-corrected chi connectivity index (χ0v) is 28.1. The number of thiazole rings is 1. The van der Waals surface area contributed by atoms with Crippen LogP contribution in [-0.2, 0) is 5.41 Å². The Morgan fingerprint density at radius 2 is 1.16 bits per heavy atom. The Bertz CT molecular complexity index is 2550. The molecule has 0 N–H and O–H groups in total. The number of rotatable bonds is 5. The third kappa shape index (κ3) is 4.16. The molecule has 0 atom stereocenters. The van der Waals surface area contributed by atoms with Gasteiger partial charge in [-0.15, -0.1) is 11.3 Å². The number of hydrogen-bond donors (Lipinski definition) is 0. The molecule has 232 valence electrons. The summed E-state index contributed by atoms with van der Waals surface area (Å²) in [6.07, 6.45) is 0. The van der Waals surface area contributed by atoms with E-state index in [9.17, 15) is 0 Å². The molecule has 0 unspecified atom stereocenters. The van der Waals surface area contributed by atoms with Gasteiger partial charge in [0.15, 0.2) is 0 Å². The maximum absolute atomic E-state index is 5.23. The molecule has 1 aromatic heterocycles. The fourth-order valence-electron chi connectivity index (χ4n) is 8.13. The molecule has 0 aliphatic heterocycles. The second-order valence-electron chi connectivity index (χ2n) is 13.5. The highest BCUT2D eigenvalue weighted by molar-refractivity contribution is 7.19. The summed E-state index contributed by atoms with van der Waals surface area (Å²) in [5.41, 5.74) is 15.9. The van der Waals surface area contributed by atoms with Crippen LogP contribution >= 0.6 is 11.3 Å². The molecule has 49 heavy (non-hydrogen) atoms. The van der Waals surface area contributed by atoms with Crippen molar-refractivity contribution in [2.45, 2.75) is 19.3 Å². The molecule has 0 fully saturated rings. The van der Waals surface area contributed by atoms with Crippen molar-refractivity contribution in [2.75, 3.05) is 4.90 Å². The van der Waals surface area contributed by atoms with Crippen molar-refractivity contribution < 1.29 is 0 Å². The highest BCUT2D eigenvalue weighted by atomic mass is 32.1. The molecule has 10 rings (SSSR count). The molecule has 1 heterocycles. The summed E-state index contributed by atoms with van der Waals surface area (Å²) in [6, 6.07) is 57.5. The minimum absolute atomic E-state index is 0.106. The van der Waals surface area contributed by atoms with Gasteiger partial charge in [0.25, 0.3) is 0 Å². The number of benzene rings is 7. The average molecular weight is 645 g/mol. The molecule has 0 amide bonds. The van der Waals surface area contributed by atoms with E-state index in [1.54, 1.807) is 11.3 Å². The first-order chi connectivity index (χ1) is 24.1. The molecular formula is C46H32N2S. The van der Waals surface area contributed by atoms with Gasteiger partial charge >= 0.3 is 0 Å². The third-order valence-electron chi connectivity index (χ3n) is 10.5. The highest BCUT2D eigenvalue weighted by Crippen LogP contribution is 2.55. The number of fused-ring (bicyclic) bond motifs is 6. The van der Waals surface area contributed by atoms with Gasteiger partial charge in [-0.05, 0) is 52.1 Å². The molecule has 0 saturated heterocycles. The molecule has 7 aromatic carbocycles. The number of para-hydroxylation sites is 1. The molecule has 0 saturated carbocycles. The first kappa shape index (κ1) is 28.3. The van der Waals surface area contributed by atoms with Crippen LogP contribution in [0.5, 0.6) is 0 Å². The van der Waals surface area contributed by atoms with E-state index in [4.69, 9.17) is 4.98 Å². The summed E-state index contributed by atoms with van der Waals surface area (Å²) in [5.74, 6) is 0. The second-order valence-corrected chi connectivity index (χ2v) is 14.5. The predicted molar refractivity (Wildman–Crippen MR) is 207 cm³/mol. The zero-order chi connectivity index (χ0) is 32.7. The van der Waals surface area contributed by atoms with Crippen molar-refractivity contribution in [2.24, 2.45) is 0 Å². The van der Waals surface area contributed by atoms with Gasteiger partial charge in [-0.3, -0.25) is 0 Å². The number of hydrogen-bond acceptors (Lipinski definition) is 3. The standard InChI is InChI=1S/C46H32N2S/c1-46(2)38-22-11-9-19-33(38)34-25-24-31(28-39(34)46)48(40-23-12-10-18-32(40)29-14-5-3-6-15-29)41-27-26-36-42-35(41)20-13-21-37(42)44-43(36)47-45(49-44)30-16-7-4-8-17-30/h3-28H,1-2H3. The molecule has 0 spiro atoms. The van der Waals surface area contributed by atoms with Gasteiger partial charge in [0, 0.05) is 44.1 Å². The van der Waals surface area contributed by atoms with Crippen LogP contribution in [0.1, 0.15) is 25.0 Å². The van der Waals surface area contributed by atoms with Crippen LogP contribution in [0.15, 0.2) is 158 Å². The first-order valence-corrected chi connectivity index (χ1v) is 17.7. The Balaban J connectivity index is 1.21. The Hall–Kier alpha value is -5.77. The van der Waals surface area contributed by atoms with E-state index in [0.29, 0.717) is 0 Å². The van der Waals surface area contributed by atoms with Crippen LogP contribution in [0.25, 0.3) is 65.3 Å². The fraction of sp³-hybridized carbons (Fsp3) is 0.0652. The van der Waals surface area contributed by atoms with Crippen molar-refractivity contribution in [3.63, 3.8) is 0 Å². The minimum atomic E-state index is -0.106. The summed E-state index contributed by atoms with van der Waals surface area (Å²) < 4.78 is 0. The summed E-state index contributed by atoms with van der Waals surface area (Å²) in [6.45, 7) is 4.72. The second kappa shape index (κ2) is 10.6. The van der Waals surface area contributed by atoms with Crippen LogP contribution in [0.3, 0.4) is 0 Å². The fourth-order valence-corrected chi connectivity index (χ4v) is 9.25. The highest BCUT2D eigenvalue weighted by Gasteiger charge is 2.36. The lowest BCUT2D eigenvalue weighted by molar-refractivity contribution is 0.660. The van der Waals surface area contributed by atoms with E-state index in [1.807, 2.05) is 0 Å². The Kier molecular flexibility index (Phi) is 6.12. The molecule has 2 aliphatic carbocycles. The lowest BCUT2D eigenvalue weighted by Gasteiger charge is -2.31. The Labute approximate surface area is 290 Å². The molecule has 0 bridgehead atoms. The van der Waals surface area contributed by atoms with Gasteiger partial charge in [-0.1, -0.05) is 147 Å². The summed E-state index contributed by atoms with van der Waals surface area (Å²) in [7, 11) is 0. The SMILES string of the molecule is CC1(C)c2ccccc2-c2ccc(N(c3ccccc3-c3ccccc3)c3ccc4c5c(cccc35)-c3sc(-c5ccccc5)nc3-4)cc21. The van der Waals surface area contributed by atoms with E-state index in [-0.39, 0.29) is 5.41 Å². The Morgan fingerprint density at radius 3 is 1.98 bits per heavy atom. The average Bonchev–Trinajstić information content (AvgIpc) is 3.79. The first-order valence-electron chi connectivity index (χ1n) is 16.9. The van der Waals surface area contributed by atoms with Crippen LogP contribution < -0.4 is 4.90 Å². The lowest BCUT2D eigenvalue weighted by atomic mass is 9.82. The van der Waals surface area contributed by atoms with Crippen LogP contribution in [0, 0.1) is 0 Å². The number of nitrogens with zero attached hydrogens (tertiary/aromatic N) is 2. The van der Waals surface area contributed by atoms with Crippen LogP contribution in [0.4, 0.5) is 17.1 Å². The zero-order valence-electron chi connectivity index (χ0n) is 27.3. The molecule has 2 nitrogen and oxygen atoms in total. The third-order valence-corrected chi connectivity index (χ3v) is 11.6. The van der Waals surface area contributed by atoms with Gasteiger partial charge in [0.1, 0.15) is 5.01 Å². The molecule has 8 aromatic rings. The monoisotopic (exact) mass is 644 g/mol. The summed E-state index contributed by atoms with van der Waals surface area (Å²) >= 11 is 1.79. The van der Waals surface area contributed by atoms with Crippen LogP contribution in [-0.4, -0.2) is 4.98 Å².